The largest absolute Gasteiger partial charge is 0.0955 e. The maximum absolute atomic E-state index is 5.93. The third-order valence-corrected chi connectivity index (χ3v) is 3.31. The van der Waals surface area contributed by atoms with E-state index in [0.29, 0.717) is 10.0 Å². The Kier molecular flexibility index (Phi) is 3.53. The lowest BCUT2D eigenvalue weighted by Crippen LogP contribution is -1.84. The van der Waals surface area contributed by atoms with Gasteiger partial charge in [0, 0.05) is 0 Å². The Morgan fingerprint density at radius 2 is 1.62 bits per heavy atom. The van der Waals surface area contributed by atoms with E-state index < -0.39 is 0 Å². The van der Waals surface area contributed by atoms with Crippen LogP contribution in [0.15, 0.2) is 12.6 Å². The molecule has 1 aromatic carbocycles. The van der Waals surface area contributed by atoms with Crippen molar-refractivity contribution in [2.75, 3.05) is 0 Å². The second-order valence-electron chi connectivity index (χ2n) is 2.63. The predicted octanol–water partition coefficient (Wildman–Crippen LogP) is 5.33. The van der Waals surface area contributed by atoms with E-state index in [1.54, 1.807) is 6.07 Å². The molecule has 13 heavy (non-hydrogen) atoms. The monoisotopic (exact) mass is 254 g/mol. The molecule has 0 nitrogen and oxygen atoms in total. The topological polar surface area (TPSA) is 0 Å². The minimum Gasteiger partial charge on any atom is -0.0955 e. The van der Waals surface area contributed by atoms with Crippen LogP contribution in [0.2, 0.25) is 20.1 Å². The lowest BCUT2D eigenvalue weighted by Gasteiger charge is -2.08. The second-order valence-corrected chi connectivity index (χ2v) is 4.17. The highest BCUT2D eigenvalue weighted by Gasteiger charge is 2.12. The molecule has 0 atom stereocenters. The van der Waals surface area contributed by atoms with Gasteiger partial charge in [-0.1, -0.05) is 53.0 Å². The highest BCUT2D eigenvalue weighted by atomic mass is 35.5. The summed E-state index contributed by atoms with van der Waals surface area (Å²) in [4.78, 5) is 0. The maximum Gasteiger partial charge on any atom is 0.0799 e. The predicted molar refractivity (Wildman–Crippen MR) is 61.2 cm³/mol. The van der Waals surface area contributed by atoms with Gasteiger partial charge < -0.3 is 0 Å². The number of rotatable bonds is 1. The Labute approximate surface area is 97.0 Å². The zero-order valence-electron chi connectivity index (χ0n) is 6.80. The lowest BCUT2D eigenvalue weighted by atomic mass is 10.1. The molecule has 0 saturated heterocycles. The molecular weight excluding hydrogens is 250 g/mol. The SMILES string of the molecule is C=C(C)c1cc(Cl)c(Cl)c(Cl)c1Cl. The number of benzene rings is 1. The summed E-state index contributed by atoms with van der Waals surface area (Å²) in [6, 6.07) is 1.65. The quantitative estimate of drug-likeness (QED) is 0.470. The summed E-state index contributed by atoms with van der Waals surface area (Å²) in [5.74, 6) is 0. The summed E-state index contributed by atoms with van der Waals surface area (Å²) in [6.45, 7) is 5.57. The molecule has 70 valence electrons. The Balaban J connectivity index is 3.50. The molecule has 0 heterocycles. The van der Waals surface area contributed by atoms with E-state index in [4.69, 9.17) is 46.4 Å². The summed E-state index contributed by atoms with van der Waals surface area (Å²) in [6.07, 6.45) is 0. The van der Waals surface area contributed by atoms with E-state index in [1.165, 1.54) is 0 Å². The summed E-state index contributed by atoms with van der Waals surface area (Å²) >= 11 is 23.4. The zero-order valence-corrected chi connectivity index (χ0v) is 9.82. The van der Waals surface area contributed by atoms with Crippen LogP contribution in [0.4, 0.5) is 0 Å². The van der Waals surface area contributed by atoms with E-state index in [0.717, 1.165) is 11.1 Å². The molecule has 0 fully saturated rings. The van der Waals surface area contributed by atoms with Crippen LogP contribution in [-0.2, 0) is 0 Å². The van der Waals surface area contributed by atoms with Crippen LogP contribution in [0.5, 0.6) is 0 Å². The highest BCUT2D eigenvalue weighted by Crippen LogP contribution is 2.40. The Bertz CT molecular complexity index is 368. The molecule has 0 bridgehead atoms. The van der Waals surface area contributed by atoms with Gasteiger partial charge in [0.25, 0.3) is 0 Å². The van der Waals surface area contributed by atoms with Crippen LogP contribution < -0.4 is 0 Å². The minimum atomic E-state index is 0.272. The Hall–Kier alpha value is 0.120. The molecule has 0 aliphatic carbocycles. The Morgan fingerprint density at radius 1 is 1.08 bits per heavy atom. The molecule has 0 spiro atoms. The highest BCUT2D eigenvalue weighted by molar-refractivity contribution is 6.52. The van der Waals surface area contributed by atoms with E-state index in [-0.39, 0.29) is 10.0 Å². The summed E-state index contributed by atoms with van der Waals surface area (Å²) in [5, 5.41) is 1.32. The van der Waals surface area contributed by atoms with Crippen molar-refractivity contribution in [1.82, 2.24) is 0 Å². The van der Waals surface area contributed by atoms with Gasteiger partial charge in [-0.05, 0) is 24.1 Å². The van der Waals surface area contributed by atoms with Crippen LogP contribution in [-0.4, -0.2) is 0 Å². The van der Waals surface area contributed by atoms with E-state index >= 15 is 0 Å². The van der Waals surface area contributed by atoms with E-state index in [2.05, 4.69) is 6.58 Å². The van der Waals surface area contributed by atoms with Crippen molar-refractivity contribution in [3.63, 3.8) is 0 Å². The first-order valence-electron chi connectivity index (χ1n) is 3.44. The van der Waals surface area contributed by atoms with Gasteiger partial charge in [0.15, 0.2) is 0 Å². The van der Waals surface area contributed by atoms with Crippen molar-refractivity contribution < 1.29 is 0 Å². The first-order valence-corrected chi connectivity index (χ1v) is 4.95. The number of allylic oxidation sites excluding steroid dienone is 1. The third kappa shape index (κ3) is 2.13. The number of halogens is 4. The fourth-order valence-corrected chi connectivity index (χ4v) is 1.85. The summed E-state index contributed by atoms with van der Waals surface area (Å²) in [7, 11) is 0. The number of hydrogen-bond donors (Lipinski definition) is 0. The van der Waals surface area contributed by atoms with Crippen LogP contribution in [0.1, 0.15) is 12.5 Å². The fraction of sp³-hybridized carbons (Fsp3) is 0.111. The molecule has 1 rings (SSSR count). The fourth-order valence-electron chi connectivity index (χ4n) is 0.883. The molecule has 0 saturated carbocycles. The van der Waals surface area contributed by atoms with Gasteiger partial charge in [0.05, 0.1) is 20.1 Å². The molecule has 1 aromatic rings. The average molecular weight is 256 g/mol. The third-order valence-electron chi connectivity index (χ3n) is 1.56. The van der Waals surface area contributed by atoms with Gasteiger partial charge in [-0.2, -0.15) is 0 Å². The van der Waals surface area contributed by atoms with E-state index in [9.17, 15) is 0 Å². The van der Waals surface area contributed by atoms with Gasteiger partial charge in [0.1, 0.15) is 0 Å². The van der Waals surface area contributed by atoms with Gasteiger partial charge in [-0.15, -0.1) is 0 Å². The lowest BCUT2D eigenvalue weighted by molar-refractivity contribution is 1.58. The van der Waals surface area contributed by atoms with Crippen molar-refractivity contribution in [2.45, 2.75) is 6.92 Å². The molecule has 0 amide bonds. The van der Waals surface area contributed by atoms with Crippen LogP contribution in [0.25, 0.3) is 5.57 Å². The molecule has 0 aliphatic heterocycles. The van der Waals surface area contributed by atoms with Crippen molar-refractivity contribution in [1.29, 1.82) is 0 Å². The minimum absolute atomic E-state index is 0.272. The van der Waals surface area contributed by atoms with Crippen LogP contribution in [0, 0.1) is 0 Å². The van der Waals surface area contributed by atoms with Gasteiger partial charge >= 0.3 is 0 Å². The van der Waals surface area contributed by atoms with Gasteiger partial charge in [-0.3, -0.25) is 0 Å². The molecule has 0 N–H and O–H groups in total. The first kappa shape index (κ1) is 11.2. The zero-order chi connectivity index (χ0) is 10.2. The molecular formula is C9H6Cl4. The van der Waals surface area contributed by atoms with Crippen molar-refractivity contribution >= 4 is 52.0 Å². The van der Waals surface area contributed by atoms with Gasteiger partial charge in [-0.25, -0.2) is 0 Å². The van der Waals surface area contributed by atoms with E-state index in [1.807, 2.05) is 6.92 Å². The normalized spacial score (nSPS) is 10.2. The molecule has 0 aromatic heterocycles. The Morgan fingerprint density at radius 3 is 2.08 bits per heavy atom. The standard InChI is InChI=1S/C9H6Cl4/c1-4(2)5-3-6(10)8(12)9(13)7(5)11/h3H,1H2,2H3. The van der Waals surface area contributed by atoms with Crippen molar-refractivity contribution in [2.24, 2.45) is 0 Å². The molecule has 0 unspecified atom stereocenters. The summed E-state index contributed by atoms with van der Waals surface area (Å²) in [5.41, 5.74) is 1.52. The molecule has 0 aliphatic rings. The van der Waals surface area contributed by atoms with Gasteiger partial charge in [0.2, 0.25) is 0 Å². The van der Waals surface area contributed by atoms with Crippen molar-refractivity contribution in [3.8, 4) is 0 Å². The average Bonchev–Trinajstić information content (AvgIpc) is 2.07. The van der Waals surface area contributed by atoms with Crippen LogP contribution >= 0.6 is 46.4 Å². The second kappa shape index (κ2) is 4.10. The molecule has 0 radical (unpaired) electrons. The smallest absolute Gasteiger partial charge is 0.0799 e. The summed E-state index contributed by atoms with van der Waals surface area (Å²) < 4.78 is 0. The number of hydrogen-bond acceptors (Lipinski definition) is 0. The maximum atomic E-state index is 5.93. The van der Waals surface area contributed by atoms with Crippen LogP contribution in [0.3, 0.4) is 0 Å². The van der Waals surface area contributed by atoms with Crippen molar-refractivity contribution in [3.05, 3.63) is 38.3 Å². The molecule has 4 heteroatoms. The first-order chi connectivity index (χ1) is 5.95.